The number of oxazole rings is 1. The maximum Gasteiger partial charge on any atom is 0.234 e. The van der Waals surface area contributed by atoms with Gasteiger partial charge in [-0.2, -0.15) is 0 Å². The molecule has 1 aromatic rings. The molecule has 0 aliphatic heterocycles. The SMILES string of the molecule is Cc1cnc(C(C)NC(=O)C2(/C(N)=N/O)CC(C)C2)o1. The predicted molar refractivity (Wildman–Crippen MR) is 72.0 cm³/mol. The van der Waals surface area contributed by atoms with Gasteiger partial charge in [-0.15, -0.1) is 0 Å². The Morgan fingerprint density at radius 1 is 1.70 bits per heavy atom. The fourth-order valence-electron chi connectivity index (χ4n) is 2.71. The van der Waals surface area contributed by atoms with Crippen LogP contribution in [0.2, 0.25) is 0 Å². The molecule has 4 N–H and O–H groups in total. The third kappa shape index (κ3) is 2.35. The summed E-state index contributed by atoms with van der Waals surface area (Å²) in [7, 11) is 0. The molecule has 0 radical (unpaired) electrons. The number of rotatable bonds is 4. The molecule has 2 rings (SSSR count). The van der Waals surface area contributed by atoms with E-state index in [2.05, 4.69) is 15.5 Å². The van der Waals surface area contributed by atoms with Crippen LogP contribution in [0, 0.1) is 18.3 Å². The average Bonchev–Trinajstić information content (AvgIpc) is 2.80. The summed E-state index contributed by atoms with van der Waals surface area (Å²) in [5, 5.41) is 14.7. The fourth-order valence-corrected chi connectivity index (χ4v) is 2.71. The van der Waals surface area contributed by atoms with Gasteiger partial charge in [0.1, 0.15) is 17.2 Å². The van der Waals surface area contributed by atoms with Crippen molar-refractivity contribution in [3.8, 4) is 0 Å². The lowest BCUT2D eigenvalue weighted by Gasteiger charge is -2.44. The molecule has 0 saturated heterocycles. The summed E-state index contributed by atoms with van der Waals surface area (Å²) in [5.41, 5.74) is 4.78. The van der Waals surface area contributed by atoms with Crippen LogP contribution < -0.4 is 11.1 Å². The fraction of sp³-hybridized carbons (Fsp3) is 0.615. The number of hydrogen-bond acceptors (Lipinski definition) is 5. The Balaban J connectivity index is 2.10. The number of nitrogens with zero attached hydrogens (tertiary/aromatic N) is 2. The lowest BCUT2D eigenvalue weighted by atomic mass is 9.61. The van der Waals surface area contributed by atoms with Gasteiger partial charge in [-0.1, -0.05) is 12.1 Å². The molecule has 1 heterocycles. The molecule has 1 fully saturated rings. The molecular formula is C13H20N4O3. The van der Waals surface area contributed by atoms with Gasteiger partial charge < -0.3 is 20.7 Å². The number of hydrogen-bond donors (Lipinski definition) is 3. The molecule has 20 heavy (non-hydrogen) atoms. The van der Waals surface area contributed by atoms with Crippen LogP contribution >= 0.6 is 0 Å². The van der Waals surface area contributed by atoms with Gasteiger partial charge in [-0.25, -0.2) is 4.98 Å². The average molecular weight is 280 g/mol. The van der Waals surface area contributed by atoms with E-state index in [4.69, 9.17) is 15.4 Å². The zero-order valence-electron chi connectivity index (χ0n) is 11.9. The molecule has 1 aliphatic rings. The molecule has 7 nitrogen and oxygen atoms in total. The Bertz CT molecular complexity index is 531. The number of carbonyl (C=O) groups excluding carboxylic acids is 1. The van der Waals surface area contributed by atoms with Gasteiger partial charge >= 0.3 is 0 Å². The third-order valence-corrected chi connectivity index (χ3v) is 3.78. The minimum atomic E-state index is -0.913. The van der Waals surface area contributed by atoms with Crippen molar-refractivity contribution in [1.29, 1.82) is 0 Å². The van der Waals surface area contributed by atoms with E-state index in [0.29, 0.717) is 30.4 Å². The Morgan fingerprint density at radius 2 is 2.35 bits per heavy atom. The molecular weight excluding hydrogens is 260 g/mol. The van der Waals surface area contributed by atoms with Crippen LogP contribution in [0.25, 0.3) is 0 Å². The van der Waals surface area contributed by atoms with E-state index in [-0.39, 0.29) is 17.8 Å². The summed E-state index contributed by atoms with van der Waals surface area (Å²) in [6.07, 6.45) is 2.75. The summed E-state index contributed by atoms with van der Waals surface area (Å²) in [6, 6.07) is -0.365. The first-order valence-corrected chi connectivity index (χ1v) is 6.60. The van der Waals surface area contributed by atoms with E-state index in [1.807, 2.05) is 6.92 Å². The van der Waals surface area contributed by atoms with Crippen molar-refractivity contribution >= 4 is 11.7 Å². The Morgan fingerprint density at radius 3 is 2.80 bits per heavy atom. The Kier molecular flexibility index (Phi) is 3.69. The first kappa shape index (κ1) is 14.4. The minimum Gasteiger partial charge on any atom is -0.444 e. The minimum absolute atomic E-state index is 0.0381. The first-order chi connectivity index (χ1) is 9.39. The topological polar surface area (TPSA) is 114 Å². The smallest absolute Gasteiger partial charge is 0.234 e. The van der Waals surface area contributed by atoms with Gasteiger partial charge in [0.2, 0.25) is 11.8 Å². The van der Waals surface area contributed by atoms with Gasteiger partial charge in [0.25, 0.3) is 0 Å². The lowest BCUT2D eigenvalue weighted by molar-refractivity contribution is -0.134. The van der Waals surface area contributed by atoms with E-state index >= 15 is 0 Å². The molecule has 1 atom stereocenters. The second-order valence-corrected chi connectivity index (χ2v) is 5.59. The standard InChI is InChI=1S/C13H20N4O3/c1-7-4-13(5-7,11(14)17-19)12(18)16-9(3)10-15-6-8(2)20-10/h6-7,9,19H,4-5H2,1-3H3,(H2,14,17)(H,16,18). The second kappa shape index (κ2) is 5.15. The molecule has 0 aromatic carbocycles. The summed E-state index contributed by atoms with van der Waals surface area (Å²) >= 11 is 0. The van der Waals surface area contributed by atoms with Crippen molar-refractivity contribution in [3.63, 3.8) is 0 Å². The lowest BCUT2D eigenvalue weighted by Crippen LogP contribution is -2.57. The van der Waals surface area contributed by atoms with Crippen LogP contribution in [0.4, 0.5) is 0 Å². The molecule has 1 aliphatic carbocycles. The largest absolute Gasteiger partial charge is 0.444 e. The number of oxime groups is 1. The van der Waals surface area contributed by atoms with Crippen LogP contribution in [0.3, 0.4) is 0 Å². The first-order valence-electron chi connectivity index (χ1n) is 6.60. The third-order valence-electron chi connectivity index (χ3n) is 3.78. The van der Waals surface area contributed by atoms with E-state index in [9.17, 15) is 4.79 Å². The molecule has 110 valence electrons. The zero-order valence-corrected chi connectivity index (χ0v) is 11.9. The number of carbonyl (C=O) groups is 1. The van der Waals surface area contributed by atoms with Crippen molar-refractivity contribution < 1.29 is 14.4 Å². The van der Waals surface area contributed by atoms with Crippen LogP contribution in [0.15, 0.2) is 15.8 Å². The van der Waals surface area contributed by atoms with Crippen molar-refractivity contribution in [3.05, 3.63) is 17.8 Å². The maximum absolute atomic E-state index is 12.4. The molecule has 1 unspecified atom stereocenters. The van der Waals surface area contributed by atoms with Crippen molar-refractivity contribution in [1.82, 2.24) is 10.3 Å². The van der Waals surface area contributed by atoms with Crippen LogP contribution in [0.1, 0.15) is 44.4 Å². The van der Waals surface area contributed by atoms with E-state index in [0.717, 1.165) is 0 Å². The second-order valence-electron chi connectivity index (χ2n) is 5.59. The van der Waals surface area contributed by atoms with Crippen molar-refractivity contribution in [2.75, 3.05) is 0 Å². The Hall–Kier alpha value is -2.05. The van der Waals surface area contributed by atoms with Crippen LogP contribution in [-0.2, 0) is 4.79 Å². The van der Waals surface area contributed by atoms with Gasteiger partial charge in [-0.05, 0) is 32.6 Å². The monoisotopic (exact) mass is 280 g/mol. The highest BCUT2D eigenvalue weighted by Gasteiger charge is 2.52. The number of amides is 1. The molecule has 7 heteroatoms. The van der Waals surface area contributed by atoms with Gasteiger partial charge in [0, 0.05) is 0 Å². The van der Waals surface area contributed by atoms with Gasteiger partial charge in [0.15, 0.2) is 5.84 Å². The highest BCUT2D eigenvalue weighted by molar-refractivity contribution is 6.07. The summed E-state index contributed by atoms with van der Waals surface area (Å²) in [6.45, 7) is 5.60. The van der Waals surface area contributed by atoms with E-state index in [1.165, 1.54) is 0 Å². The number of nitrogens with one attached hydrogen (secondary N) is 1. The van der Waals surface area contributed by atoms with Crippen LogP contribution in [0.5, 0.6) is 0 Å². The van der Waals surface area contributed by atoms with Crippen molar-refractivity contribution in [2.45, 2.75) is 39.7 Å². The number of nitrogens with two attached hydrogens (primary N) is 1. The summed E-state index contributed by atoms with van der Waals surface area (Å²) in [4.78, 5) is 16.5. The number of aryl methyl sites for hydroxylation is 1. The highest BCUT2D eigenvalue weighted by atomic mass is 16.4. The number of aromatic nitrogens is 1. The summed E-state index contributed by atoms with van der Waals surface area (Å²) < 4.78 is 5.38. The molecule has 1 saturated carbocycles. The highest BCUT2D eigenvalue weighted by Crippen LogP contribution is 2.46. The van der Waals surface area contributed by atoms with Gasteiger partial charge in [-0.3, -0.25) is 4.79 Å². The Labute approximate surface area is 117 Å². The molecule has 1 aromatic heterocycles. The molecule has 0 spiro atoms. The van der Waals surface area contributed by atoms with E-state index in [1.54, 1.807) is 20.0 Å². The van der Waals surface area contributed by atoms with Gasteiger partial charge in [0.05, 0.1) is 6.20 Å². The van der Waals surface area contributed by atoms with Crippen molar-refractivity contribution in [2.24, 2.45) is 22.2 Å². The van der Waals surface area contributed by atoms with Crippen LogP contribution in [-0.4, -0.2) is 21.9 Å². The zero-order chi connectivity index (χ0) is 14.9. The maximum atomic E-state index is 12.4. The number of amidine groups is 1. The normalized spacial score (nSPS) is 27.8. The van der Waals surface area contributed by atoms with E-state index < -0.39 is 5.41 Å². The predicted octanol–water partition coefficient (Wildman–Crippen LogP) is 1.32. The quantitative estimate of drug-likeness (QED) is 0.333. The molecule has 0 bridgehead atoms. The molecule has 1 amide bonds. The summed E-state index contributed by atoms with van der Waals surface area (Å²) in [5.74, 6) is 1.21.